The van der Waals surface area contributed by atoms with Crippen molar-refractivity contribution >= 4 is 31.3 Å². The van der Waals surface area contributed by atoms with Crippen LogP contribution in [0, 0.1) is 12.3 Å². The minimum Gasteiger partial charge on any atom is -0.493 e. The van der Waals surface area contributed by atoms with E-state index in [9.17, 15) is 8.42 Å². The predicted molar refractivity (Wildman–Crippen MR) is 84.3 cm³/mol. The van der Waals surface area contributed by atoms with Gasteiger partial charge in [0.1, 0.15) is 5.75 Å². The third-order valence-electron chi connectivity index (χ3n) is 3.66. The Morgan fingerprint density at radius 3 is 2.35 bits per heavy atom. The molecule has 0 aromatic heterocycles. The van der Waals surface area contributed by atoms with E-state index in [2.05, 4.69) is 0 Å². The highest BCUT2D eigenvalue weighted by Gasteiger charge is 2.32. The largest absolute Gasteiger partial charge is 0.493 e. The van der Waals surface area contributed by atoms with E-state index in [0.29, 0.717) is 30.2 Å². The van der Waals surface area contributed by atoms with Crippen LogP contribution >= 0.6 is 22.3 Å². The zero-order valence-electron chi connectivity index (χ0n) is 11.9. The maximum absolute atomic E-state index is 11.4. The molecule has 114 valence electrons. The molecule has 0 unspecified atom stereocenters. The van der Waals surface area contributed by atoms with Crippen molar-refractivity contribution < 1.29 is 13.2 Å². The van der Waals surface area contributed by atoms with Crippen molar-refractivity contribution in [1.29, 1.82) is 0 Å². The van der Waals surface area contributed by atoms with Gasteiger partial charge in [0.05, 0.1) is 12.4 Å². The van der Waals surface area contributed by atoms with Crippen LogP contribution in [-0.2, 0) is 9.05 Å². The van der Waals surface area contributed by atoms with Gasteiger partial charge in [0.2, 0.25) is 9.05 Å². The van der Waals surface area contributed by atoms with E-state index in [-0.39, 0.29) is 5.75 Å². The molecule has 20 heavy (non-hydrogen) atoms. The Morgan fingerprint density at radius 2 is 1.85 bits per heavy atom. The molecule has 1 rings (SSSR count). The van der Waals surface area contributed by atoms with Gasteiger partial charge in [-0.2, -0.15) is 0 Å². The molecule has 0 radical (unpaired) electrons. The first-order valence-corrected chi connectivity index (χ1v) is 9.38. The summed E-state index contributed by atoms with van der Waals surface area (Å²) in [6.07, 6.45) is 1.35. The van der Waals surface area contributed by atoms with Crippen molar-refractivity contribution in [3.8, 4) is 5.75 Å². The van der Waals surface area contributed by atoms with Crippen LogP contribution in [0.25, 0.3) is 0 Å². The van der Waals surface area contributed by atoms with Crippen molar-refractivity contribution in [3.05, 3.63) is 28.8 Å². The summed E-state index contributed by atoms with van der Waals surface area (Å²) in [5.74, 6) is 0.587. The lowest BCUT2D eigenvalue weighted by molar-refractivity contribution is 0.154. The van der Waals surface area contributed by atoms with Gasteiger partial charge in [0.25, 0.3) is 0 Å². The molecule has 0 heterocycles. The van der Waals surface area contributed by atoms with E-state index in [1.54, 1.807) is 12.1 Å². The Kier molecular flexibility index (Phi) is 6.17. The van der Waals surface area contributed by atoms with E-state index in [1.807, 2.05) is 26.8 Å². The summed E-state index contributed by atoms with van der Waals surface area (Å²) in [5, 5.41) is 0.592. The van der Waals surface area contributed by atoms with E-state index >= 15 is 0 Å². The molecule has 0 atom stereocenters. The van der Waals surface area contributed by atoms with Gasteiger partial charge in [-0.3, -0.25) is 0 Å². The Labute approximate surface area is 130 Å². The van der Waals surface area contributed by atoms with Crippen molar-refractivity contribution in [1.82, 2.24) is 0 Å². The lowest BCUT2D eigenvalue weighted by Crippen LogP contribution is -2.33. The molecule has 0 spiro atoms. The minimum atomic E-state index is -3.56. The van der Waals surface area contributed by atoms with E-state index in [0.717, 1.165) is 5.56 Å². The van der Waals surface area contributed by atoms with Crippen molar-refractivity contribution in [2.75, 3.05) is 12.4 Å². The van der Waals surface area contributed by atoms with E-state index in [1.165, 1.54) is 0 Å². The molecule has 0 saturated heterocycles. The van der Waals surface area contributed by atoms with Crippen LogP contribution in [0.5, 0.6) is 5.75 Å². The van der Waals surface area contributed by atoms with Gasteiger partial charge in [-0.25, -0.2) is 8.42 Å². The molecule has 0 bridgehead atoms. The average Bonchev–Trinajstić information content (AvgIpc) is 2.37. The van der Waals surface area contributed by atoms with Crippen molar-refractivity contribution in [2.24, 2.45) is 5.41 Å². The van der Waals surface area contributed by atoms with Crippen LogP contribution in [0.15, 0.2) is 18.2 Å². The molecule has 0 saturated carbocycles. The third-order valence-corrected chi connectivity index (χ3v) is 5.18. The molecule has 3 nitrogen and oxygen atoms in total. The van der Waals surface area contributed by atoms with Gasteiger partial charge in [0, 0.05) is 21.1 Å². The maximum atomic E-state index is 11.4. The summed E-state index contributed by atoms with van der Waals surface area (Å²) in [4.78, 5) is 0. The topological polar surface area (TPSA) is 43.4 Å². The molecular weight excluding hydrogens is 319 g/mol. The number of hydrogen-bond donors (Lipinski definition) is 0. The first-order valence-electron chi connectivity index (χ1n) is 6.52. The second-order valence-corrected chi connectivity index (χ2v) is 8.30. The smallest absolute Gasteiger partial charge is 0.233 e. The number of hydrogen-bond acceptors (Lipinski definition) is 3. The maximum Gasteiger partial charge on any atom is 0.233 e. The first kappa shape index (κ1) is 17.6. The van der Waals surface area contributed by atoms with Crippen LogP contribution in [0.1, 0.15) is 32.3 Å². The predicted octanol–water partition coefficient (Wildman–Crippen LogP) is 4.40. The van der Waals surface area contributed by atoms with Gasteiger partial charge < -0.3 is 4.74 Å². The fourth-order valence-electron chi connectivity index (χ4n) is 2.03. The highest BCUT2D eigenvalue weighted by atomic mass is 35.7. The Morgan fingerprint density at radius 1 is 1.25 bits per heavy atom. The Balaban J connectivity index is 2.89. The van der Waals surface area contributed by atoms with Crippen LogP contribution in [0.3, 0.4) is 0 Å². The summed E-state index contributed by atoms with van der Waals surface area (Å²) in [6, 6.07) is 5.40. The summed E-state index contributed by atoms with van der Waals surface area (Å²) in [7, 11) is 1.85. The monoisotopic (exact) mass is 338 g/mol. The van der Waals surface area contributed by atoms with Gasteiger partial charge in [0.15, 0.2) is 0 Å². The second kappa shape index (κ2) is 7.01. The SMILES string of the molecule is CCC(CC)(COc1cc(Cl)ccc1C)CS(=O)(=O)Cl. The Bertz CT molecular complexity index is 552. The number of aryl methyl sites for hydroxylation is 1. The average molecular weight is 339 g/mol. The molecule has 0 N–H and O–H groups in total. The lowest BCUT2D eigenvalue weighted by Gasteiger charge is -2.30. The van der Waals surface area contributed by atoms with Gasteiger partial charge in [-0.15, -0.1) is 0 Å². The number of halogens is 2. The van der Waals surface area contributed by atoms with Crippen molar-refractivity contribution in [2.45, 2.75) is 33.6 Å². The lowest BCUT2D eigenvalue weighted by atomic mass is 9.85. The summed E-state index contributed by atoms with van der Waals surface area (Å²) < 4.78 is 28.6. The van der Waals surface area contributed by atoms with Gasteiger partial charge >= 0.3 is 0 Å². The number of benzene rings is 1. The van der Waals surface area contributed by atoms with Crippen molar-refractivity contribution in [3.63, 3.8) is 0 Å². The van der Waals surface area contributed by atoms with E-state index < -0.39 is 14.5 Å². The fourth-order valence-corrected chi connectivity index (χ4v) is 4.11. The first-order chi connectivity index (χ1) is 9.21. The molecular formula is C14H20Cl2O3S. The molecule has 0 aliphatic rings. The number of ether oxygens (including phenoxy) is 1. The quantitative estimate of drug-likeness (QED) is 0.692. The van der Waals surface area contributed by atoms with Crippen LogP contribution in [0.2, 0.25) is 5.02 Å². The summed E-state index contributed by atoms with van der Waals surface area (Å²) >= 11 is 5.94. The standard InChI is InChI=1S/C14H20Cl2O3S/c1-4-14(5-2,10-20(16,17)18)9-19-13-8-12(15)7-6-11(13)3/h6-8H,4-5,9-10H2,1-3H3. The van der Waals surface area contributed by atoms with Gasteiger partial charge in [-0.1, -0.05) is 31.5 Å². The summed E-state index contributed by atoms with van der Waals surface area (Å²) in [5.41, 5.74) is 0.485. The van der Waals surface area contributed by atoms with Gasteiger partial charge in [-0.05, 0) is 37.5 Å². The fraction of sp³-hybridized carbons (Fsp3) is 0.571. The minimum absolute atomic E-state index is 0.0891. The van der Waals surface area contributed by atoms with Crippen LogP contribution in [-0.4, -0.2) is 20.8 Å². The molecule has 1 aromatic rings. The molecule has 0 aliphatic carbocycles. The van der Waals surface area contributed by atoms with E-state index in [4.69, 9.17) is 27.0 Å². The normalized spacial score (nSPS) is 12.4. The zero-order valence-corrected chi connectivity index (χ0v) is 14.3. The third kappa shape index (κ3) is 5.15. The molecule has 0 fully saturated rings. The molecule has 6 heteroatoms. The van der Waals surface area contributed by atoms with Crippen LogP contribution in [0.4, 0.5) is 0 Å². The zero-order chi connectivity index (χ0) is 15.4. The molecule has 1 aromatic carbocycles. The molecule has 0 amide bonds. The highest BCUT2D eigenvalue weighted by molar-refractivity contribution is 8.13. The van der Waals surface area contributed by atoms with Crippen LogP contribution < -0.4 is 4.74 Å². The highest BCUT2D eigenvalue weighted by Crippen LogP contribution is 2.32. The molecule has 0 aliphatic heterocycles. The number of rotatable bonds is 7. The second-order valence-electron chi connectivity index (χ2n) is 5.09. The summed E-state index contributed by atoms with van der Waals surface area (Å²) in [6.45, 7) is 6.11. The Hall–Kier alpha value is -0.450.